The molecule has 5 heterocycles. The fourth-order valence-corrected chi connectivity index (χ4v) is 3.08. The van der Waals surface area contributed by atoms with Crippen LogP contribution in [0, 0.1) is 0 Å². The zero-order valence-corrected chi connectivity index (χ0v) is 12.6. The lowest BCUT2D eigenvalue weighted by Gasteiger charge is -2.26. The van der Waals surface area contributed by atoms with E-state index in [-0.39, 0.29) is 0 Å². The number of allylic oxidation sites excluding steroid dienone is 4. The standard InChI is InChI=1S/C17H16N6/c1-3-16-17-4-2-15(19-17)10-21-6-8-23(12-21)13-22-7-5-20(11-22)9-14(1)18-16/h1-10H,11-13H2/b14-9-,15-10-. The Balaban J connectivity index is 1.53. The zero-order valence-electron chi connectivity index (χ0n) is 12.6. The normalized spacial score (nSPS) is 28.5. The maximum atomic E-state index is 4.67. The Bertz CT molecular complexity index is 726. The van der Waals surface area contributed by atoms with E-state index in [0.29, 0.717) is 0 Å². The summed E-state index contributed by atoms with van der Waals surface area (Å²) in [5.41, 5.74) is 3.76. The molecule has 0 spiro atoms. The highest BCUT2D eigenvalue weighted by molar-refractivity contribution is 6.51. The first-order valence-electron chi connectivity index (χ1n) is 7.66. The monoisotopic (exact) mass is 304 g/mol. The van der Waals surface area contributed by atoms with E-state index in [1.807, 2.05) is 24.3 Å². The molecule has 6 nitrogen and oxygen atoms in total. The highest BCUT2D eigenvalue weighted by Crippen LogP contribution is 2.20. The molecule has 0 aliphatic carbocycles. The molecule has 0 saturated heterocycles. The van der Waals surface area contributed by atoms with Crippen molar-refractivity contribution in [3.05, 3.63) is 72.9 Å². The van der Waals surface area contributed by atoms with E-state index < -0.39 is 0 Å². The minimum Gasteiger partial charge on any atom is -0.341 e. The molecule has 23 heavy (non-hydrogen) atoms. The first-order chi connectivity index (χ1) is 11.3. The van der Waals surface area contributed by atoms with Crippen molar-refractivity contribution in [3.63, 3.8) is 0 Å². The van der Waals surface area contributed by atoms with Crippen molar-refractivity contribution in [2.75, 3.05) is 20.0 Å². The highest BCUT2D eigenvalue weighted by Gasteiger charge is 2.19. The van der Waals surface area contributed by atoms with Gasteiger partial charge in [-0.1, -0.05) is 0 Å². The summed E-state index contributed by atoms with van der Waals surface area (Å²) in [5.74, 6) is 0. The summed E-state index contributed by atoms with van der Waals surface area (Å²) >= 11 is 0. The number of fused-ring (bicyclic) bond motifs is 7. The fourth-order valence-electron chi connectivity index (χ4n) is 3.08. The third kappa shape index (κ3) is 2.28. The van der Waals surface area contributed by atoms with Crippen LogP contribution in [0.15, 0.2) is 82.9 Å². The maximum Gasteiger partial charge on any atom is 0.0953 e. The average molecular weight is 304 g/mol. The summed E-state index contributed by atoms with van der Waals surface area (Å²) in [4.78, 5) is 18.2. The zero-order chi connectivity index (χ0) is 15.2. The molecule has 5 aliphatic heterocycles. The van der Waals surface area contributed by atoms with Gasteiger partial charge in [-0.05, 0) is 24.3 Å². The summed E-state index contributed by atoms with van der Waals surface area (Å²) in [6.07, 6.45) is 20.7. The minimum atomic E-state index is 0.842. The third-order valence-electron chi connectivity index (χ3n) is 4.17. The number of nitrogens with zero attached hydrogens (tertiary/aromatic N) is 6. The lowest BCUT2D eigenvalue weighted by molar-refractivity contribution is 0.189. The molecule has 0 aromatic rings. The Morgan fingerprint density at radius 1 is 0.609 bits per heavy atom. The van der Waals surface area contributed by atoms with Gasteiger partial charge in [0.2, 0.25) is 0 Å². The van der Waals surface area contributed by atoms with Crippen LogP contribution in [-0.4, -0.2) is 51.0 Å². The molecule has 0 radical (unpaired) electrons. The Morgan fingerprint density at radius 3 is 1.65 bits per heavy atom. The van der Waals surface area contributed by atoms with Crippen LogP contribution in [-0.2, 0) is 0 Å². The van der Waals surface area contributed by atoms with Crippen LogP contribution >= 0.6 is 0 Å². The molecule has 0 saturated carbocycles. The van der Waals surface area contributed by atoms with Gasteiger partial charge in [-0.3, -0.25) is 0 Å². The molecule has 5 aliphatic rings. The molecule has 0 fully saturated rings. The summed E-state index contributed by atoms with van der Waals surface area (Å²) in [6, 6.07) is 0. The van der Waals surface area contributed by atoms with Gasteiger partial charge in [0.05, 0.1) is 42.8 Å². The molecule has 0 amide bonds. The van der Waals surface area contributed by atoms with Crippen molar-refractivity contribution >= 4 is 11.4 Å². The summed E-state index contributed by atoms with van der Waals surface area (Å²) < 4.78 is 0. The molecular formula is C17H16N6. The van der Waals surface area contributed by atoms with Crippen LogP contribution in [0.2, 0.25) is 0 Å². The fraction of sp³-hybridized carbons (Fsp3) is 0.176. The summed E-state index contributed by atoms with van der Waals surface area (Å²) in [7, 11) is 0. The van der Waals surface area contributed by atoms with Crippen molar-refractivity contribution in [2.24, 2.45) is 9.98 Å². The van der Waals surface area contributed by atoms with E-state index in [4.69, 9.17) is 0 Å². The molecule has 5 rings (SSSR count). The van der Waals surface area contributed by atoms with E-state index in [9.17, 15) is 0 Å². The molecular weight excluding hydrogens is 288 g/mol. The Morgan fingerprint density at radius 2 is 1.13 bits per heavy atom. The van der Waals surface area contributed by atoms with Gasteiger partial charge >= 0.3 is 0 Å². The van der Waals surface area contributed by atoms with Gasteiger partial charge in [-0.25, -0.2) is 9.98 Å². The van der Waals surface area contributed by atoms with E-state index in [1.165, 1.54) is 0 Å². The van der Waals surface area contributed by atoms with Gasteiger partial charge in [-0.15, -0.1) is 0 Å². The van der Waals surface area contributed by atoms with E-state index in [1.54, 1.807) is 0 Å². The summed E-state index contributed by atoms with van der Waals surface area (Å²) in [6.45, 7) is 2.55. The van der Waals surface area contributed by atoms with Crippen LogP contribution in [0.4, 0.5) is 0 Å². The van der Waals surface area contributed by atoms with Gasteiger partial charge in [0.1, 0.15) is 0 Å². The van der Waals surface area contributed by atoms with Crippen molar-refractivity contribution in [1.29, 1.82) is 0 Å². The first kappa shape index (κ1) is 12.5. The van der Waals surface area contributed by atoms with E-state index in [2.05, 4.69) is 66.8 Å². The third-order valence-corrected chi connectivity index (χ3v) is 4.17. The van der Waals surface area contributed by atoms with Crippen LogP contribution in [0.25, 0.3) is 0 Å². The SMILES string of the molecule is C1=C/C2=C/N3C=CN(C3)CN3C=CN(/C=C4/C=CC(=N4)C1=N2)C3. The molecule has 0 aromatic heterocycles. The smallest absolute Gasteiger partial charge is 0.0953 e. The number of aliphatic imine (C=N–C) groups is 2. The molecule has 6 heteroatoms. The molecule has 8 bridgehead atoms. The largest absolute Gasteiger partial charge is 0.341 e. The van der Waals surface area contributed by atoms with Gasteiger partial charge < -0.3 is 19.6 Å². The van der Waals surface area contributed by atoms with Crippen LogP contribution < -0.4 is 0 Å². The van der Waals surface area contributed by atoms with Crippen molar-refractivity contribution in [3.8, 4) is 0 Å². The quantitative estimate of drug-likeness (QED) is 0.683. The number of rotatable bonds is 0. The average Bonchev–Trinajstić information content (AvgIpc) is 3.28. The van der Waals surface area contributed by atoms with Gasteiger partial charge in [0, 0.05) is 37.2 Å². The number of hydrogen-bond acceptors (Lipinski definition) is 6. The predicted molar refractivity (Wildman–Crippen MR) is 89.6 cm³/mol. The molecule has 0 N–H and O–H groups in total. The van der Waals surface area contributed by atoms with Crippen molar-refractivity contribution < 1.29 is 0 Å². The second-order valence-electron chi connectivity index (χ2n) is 6.00. The second kappa shape index (κ2) is 4.74. The second-order valence-corrected chi connectivity index (χ2v) is 6.00. The highest BCUT2D eigenvalue weighted by atomic mass is 15.4. The molecule has 0 unspecified atom stereocenters. The van der Waals surface area contributed by atoms with Crippen LogP contribution in [0.1, 0.15) is 0 Å². The van der Waals surface area contributed by atoms with Gasteiger partial charge in [-0.2, -0.15) is 0 Å². The van der Waals surface area contributed by atoms with Crippen molar-refractivity contribution in [1.82, 2.24) is 19.6 Å². The minimum absolute atomic E-state index is 0.842. The number of hydrogen-bond donors (Lipinski definition) is 0. The molecule has 0 atom stereocenters. The topological polar surface area (TPSA) is 37.7 Å². The maximum absolute atomic E-state index is 4.67. The van der Waals surface area contributed by atoms with Crippen molar-refractivity contribution in [2.45, 2.75) is 0 Å². The first-order valence-corrected chi connectivity index (χ1v) is 7.66. The van der Waals surface area contributed by atoms with E-state index >= 15 is 0 Å². The lowest BCUT2D eigenvalue weighted by atomic mass is 10.2. The Kier molecular flexibility index (Phi) is 2.58. The van der Waals surface area contributed by atoms with Crippen LogP contribution in [0.3, 0.4) is 0 Å². The Hall–Kier alpha value is -3.02. The summed E-state index contributed by atoms with van der Waals surface area (Å²) in [5, 5.41) is 0. The van der Waals surface area contributed by atoms with Gasteiger partial charge in [0.25, 0.3) is 0 Å². The van der Waals surface area contributed by atoms with Gasteiger partial charge in [0.15, 0.2) is 0 Å². The molecule has 114 valence electrons. The Labute approximate surface area is 134 Å². The lowest BCUT2D eigenvalue weighted by Crippen LogP contribution is -2.34. The van der Waals surface area contributed by atoms with E-state index in [0.717, 1.165) is 42.8 Å². The molecule has 0 aromatic carbocycles. The van der Waals surface area contributed by atoms with Crippen LogP contribution in [0.5, 0.6) is 0 Å². The predicted octanol–water partition coefficient (Wildman–Crippen LogP) is 1.75.